The Morgan fingerprint density at radius 2 is 2.14 bits per heavy atom. The van der Waals surface area contributed by atoms with Crippen molar-refractivity contribution in [3.05, 3.63) is 29.8 Å². The maximum Gasteiger partial charge on any atom is 0.170 e. The van der Waals surface area contributed by atoms with Gasteiger partial charge in [-0.25, -0.2) is 0 Å². The lowest BCUT2D eigenvalue weighted by Gasteiger charge is -2.30. The van der Waals surface area contributed by atoms with Crippen molar-refractivity contribution in [2.45, 2.75) is 45.6 Å². The molecule has 3 N–H and O–H groups in total. The number of hydrogen-bond donors (Lipinski definition) is 3. The minimum atomic E-state index is 0.728. The van der Waals surface area contributed by atoms with E-state index in [1.165, 1.54) is 44.3 Å². The molecule has 0 radical (unpaired) electrons. The summed E-state index contributed by atoms with van der Waals surface area (Å²) in [5.74, 6) is 0. The van der Waals surface area contributed by atoms with E-state index in [1.807, 2.05) is 12.1 Å². The van der Waals surface area contributed by atoms with Crippen LogP contribution in [0.1, 0.15) is 38.2 Å². The Kier molecular flexibility index (Phi) is 6.46. The van der Waals surface area contributed by atoms with Crippen molar-refractivity contribution < 1.29 is 4.90 Å². The second kappa shape index (κ2) is 8.35. The van der Waals surface area contributed by atoms with E-state index in [-0.39, 0.29) is 0 Å². The van der Waals surface area contributed by atoms with Gasteiger partial charge in [-0.15, -0.1) is 0 Å². The van der Waals surface area contributed by atoms with Crippen LogP contribution in [-0.4, -0.2) is 30.8 Å². The number of benzene rings is 1. The SMILES string of the molecule is Cc1ccccc1NC(=S)NCCC[NH+]1CCCC[C@H]1C. The number of quaternary nitrogens is 1. The Labute approximate surface area is 134 Å². The van der Waals surface area contributed by atoms with Crippen molar-refractivity contribution >= 4 is 23.0 Å². The number of thiocarbonyl (C=S) groups is 1. The lowest BCUT2D eigenvalue weighted by Crippen LogP contribution is -3.16. The zero-order valence-electron chi connectivity index (χ0n) is 13.2. The standard InChI is InChI=1S/C17H27N3S/c1-14-8-3-4-10-16(14)19-17(21)18-11-7-13-20-12-6-5-9-15(20)2/h3-4,8,10,15H,5-7,9,11-13H2,1-2H3,(H2,18,19,21)/p+1/t15-/m1/s1. The number of likely N-dealkylation sites (tertiary alicyclic amines) is 1. The van der Waals surface area contributed by atoms with E-state index in [0.29, 0.717) is 0 Å². The number of hydrogen-bond acceptors (Lipinski definition) is 1. The van der Waals surface area contributed by atoms with Crippen LogP contribution in [0, 0.1) is 6.92 Å². The molecule has 1 unspecified atom stereocenters. The first-order valence-corrected chi connectivity index (χ1v) is 8.52. The maximum absolute atomic E-state index is 5.36. The highest BCUT2D eigenvalue weighted by atomic mass is 32.1. The van der Waals surface area contributed by atoms with E-state index >= 15 is 0 Å². The lowest BCUT2D eigenvalue weighted by atomic mass is 10.0. The summed E-state index contributed by atoms with van der Waals surface area (Å²) in [6, 6.07) is 9.05. The largest absolute Gasteiger partial charge is 0.362 e. The van der Waals surface area contributed by atoms with Gasteiger partial charge in [-0.2, -0.15) is 0 Å². The summed E-state index contributed by atoms with van der Waals surface area (Å²) >= 11 is 5.36. The van der Waals surface area contributed by atoms with E-state index in [0.717, 1.165) is 23.4 Å². The molecule has 2 atom stereocenters. The third-order valence-electron chi connectivity index (χ3n) is 4.44. The molecule has 0 saturated carbocycles. The maximum atomic E-state index is 5.36. The minimum absolute atomic E-state index is 0.728. The van der Waals surface area contributed by atoms with Crippen LogP contribution in [-0.2, 0) is 0 Å². The molecule has 3 nitrogen and oxygen atoms in total. The number of anilines is 1. The van der Waals surface area contributed by atoms with Crippen LogP contribution in [0.15, 0.2) is 24.3 Å². The molecular formula is C17H28N3S+. The van der Waals surface area contributed by atoms with Crippen molar-refractivity contribution in [1.29, 1.82) is 0 Å². The van der Waals surface area contributed by atoms with Crippen LogP contribution < -0.4 is 15.5 Å². The van der Waals surface area contributed by atoms with E-state index in [1.54, 1.807) is 4.90 Å². The summed E-state index contributed by atoms with van der Waals surface area (Å²) in [6.45, 7) is 8.01. The van der Waals surface area contributed by atoms with Gasteiger partial charge in [-0.05, 0) is 57.0 Å². The second-order valence-electron chi connectivity index (χ2n) is 6.10. The van der Waals surface area contributed by atoms with E-state index < -0.39 is 0 Å². The molecule has 1 aromatic carbocycles. The summed E-state index contributed by atoms with van der Waals surface area (Å²) in [4.78, 5) is 1.76. The fourth-order valence-electron chi connectivity index (χ4n) is 3.02. The van der Waals surface area contributed by atoms with Crippen LogP contribution in [0.25, 0.3) is 0 Å². The highest BCUT2D eigenvalue weighted by Gasteiger charge is 2.20. The predicted molar refractivity (Wildman–Crippen MR) is 94.0 cm³/mol. The molecular weight excluding hydrogens is 278 g/mol. The van der Waals surface area contributed by atoms with Crippen molar-refractivity contribution in [2.24, 2.45) is 0 Å². The zero-order valence-corrected chi connectivity index (χ0v) is 14.1. The summed E-state index contributed by atoms with van der Waals surface area (Å²) < 4.78 is 0. The van der Waals surface area contributed by atoms with E-state index in [4.69, 9.17) is 12.2 Å². The Morgan fingerprint density at radius 3 is 2.90 bits per heavy atom. The fraction of sp³-hybridized carbons (Fsp3) is 0.588. The third kappa shape index (κ3) is 5.29. The van der Waals surface area contributed by atoms with Crippen LogP contribution in [0.2, 0.25) is 0 Å². The van der Waals surface area contributed by atoms with Crippen molar-refractivity contribution in [3.63, 3.8) is 0 Å². The number of nitrogens with one attached hydrogen (secondary N) is 3. The molecule has 0 spiro atoms. The molecule has 1 saturated heterocycles. The summed E-state index contributed by atoms with van der Waals surface area (Å²) in [5.41, 5.74) is 2.30. The number of rotatable bonds is 5. The van der Waals surface area contributed by atoms with Gasteiger partial charge in [0.05, 0.1) is 19.1 Å². The minimum Gasteiger partial charge on any atom is -0.362 e. The molecule has 0 bridgehead atoms. The molecule has 0 aromatic heterocycles. The van der Waals surface area contributed by atoms with Gasteiger partial charge in [0.15, 0.2) is 5.11 Å². The van der Waals surface area contributed by atoms with Gasteiger partial charge in [0.2, 0.25) is 0 Å². The molecule has 116 valence electrons. The van der Waals surface area contributed by atoms with Gasteiger partial charge < -0.3 is 15.5 Å². The average Bonchev–Trinajstić information content (AvgIpc) is 2.48. The number of piperidine rings is 1. The molecule has 21 heavy (non-hydrogen) atoms. The van der Waals surface area contributed by atoms with Crippen LogP contribution in [0.3, 0.4) is 0 Å². The average molecular weight is 306 g/mol. The molecule has 4 heteroatoms. The first-order chi connectivity index (χ1) is 10.2. The molecule has 1 aliphatic heterocycles. The van der Waals surface area contributed by atoms with Crippen LogP contribution >= 0.6 is 12.2 Å². The Morgan fingerprint density at radius 1 is 1.33 bits per heavy atom. The summed E-state index contributed by atoms with van der Waals surface area (Å²) in [5, 5.41) is 7.32. The van der Waals surface area contributed by atoms with Gasteiger partial charge >= 0.3 is 0 Å². The second-order valence-corrected chi connectivity index (χ2v) is 6.51. The molecule has 2 rings (SSSR count). The monoisotopic (exact) mass is 306 g/mol. The highest BCUT2D eigenvalue weighted by molar-refractivity contribution is 7.80. The molecule has 1 heterocycles. The molecule has 1 aliphatic rings. The summed E-state index contributed by atoms with van der Waals surface area (Å²) in [6.07, 6.45) is 5.36. The fourth-order valence-corrected chi connectivity index (χ4v) is 3.23. The third-order valence-corrected chi connectivity index (χ3v) is 4.68. The molecule has 0 aliphatic carbocycles. The van der Waals surface area contributed by atoms with Crippen LogP contribution in [0.4, 0.5) is 5.69 Å². The van der Waals surface area contributed by atoms with Gasteiger partial charge in [-0.1, -0.05) is 18.2 Å². The predicted octanol–water partition coefficient (Wildman–Crippen LogP) is 2.13. The van der Waals surface area contributed by atoms with Gasteiger partial charge in [0.25, 0.3) is 0 Å². The van der Waals surface area contributed by atoms with Gasteiger partial charge in [-0.3, -0.25) is 0 Å². The Bertz CT molecular complexity index is 461. The van der Waals surface area contributed by atoms with Crippen molar-refractivity contribution in [2.75, 3.05) is 25.0 Å². The highest BCUT2D eigenvalue weighted by Crippen LogP contribution is 2.12. The van der Waals surface area contributed by atoms with Crippen LogP contribution in [0.5, 0.6) is 0 Å². The molecule has 1 fully saturated rings. The molecule has 0 amide bonds. The summed E-state index contributed by atoms with van der Waals surface area (Å²) in [7, 11) is 0. The topological polar surface area (TPSA) is 28.5 Å². The first kappa shape index (κ1) is 16.2. The van der Waals surface area contributed by atoms with E-state index in [2.05, 4.69) is 36.6 Å². The lowest BCUT2D eigenvalue weighted by molar-refractivity contribution is -0.928. The first-order valence-electron chi connectivity index (χ1n) is 8.12. The van der Waals surface area contributed by atoms with Crippen molar-refractivity contribution in [3.8, 4) is 0 Å². The quantitative estimate of drug-likeness (QED) is 0.575. The smallest absolute Gasteiger partial charge is 0.170 e. The number of aryl methyl sites for hydroxylation is 1. The number of para-hydroxylation sites is 1. The molecule has 1 aromatic rings. The Hall–Kier alpha value is -1.13. The van der Waals surface area contributed by atoms with Gasteiger partial charge in [0, 0.05) is 18.7 Å². The van der Waals surface area contributed by atoms with Crippen molar-refractivity contribution in [1.82, 2.24) is 5.32 Å². The zero-order chi connectivity index (χ0) is 15.1. The van der Waals surface area contributed by atoms with E-state index in [9.17, 15) is 0 Å². The Balaban J connectivity index is 1.64. The van der Waals surface area contributed by atoms with Gasteiger partial charge in [0.1, 0.15) is 0 Å². The normalized spacial score (nSPS) is 21.8.